The molecule has 118 valence electrons. The summed E-state index contributed by atoms with van der Waals surface area (Å²) >= 11 is 5.76. The molecule has 0 atom stereocenters. The molecule has 0 saturated carbocycles. The van der Waals surface area contributed by atoms with Gasteiger partial charge in [0.25, 0.3) is 5.89 Å². The van der Waals surface area contributed by atoms with Crippen LogP contribution in [-0.2, 0) is 6.61 Å². The van der Waals surface area contributed by atoms with Crippen LogP contribution in [-0.4, -0.2) is 20.2 Å². The Balaban J connectivity index is 1.67. The smallest absolute Gasteiger partial charge is 0.314 e. The quantitative estimate of drug-likeness (QED) is 0.660. The lowest BCUT2D eigenvalue weighted by Crippen LogP contribution is -1.98. The predicted octanol–water partition coefficient (Wildman–Crippen LogP) is 3.70. The van der Waals surface area contributed by atoms with Crippen LogP contribution in [0.1, 0.15) is 18.0 Å². The van der Waals surface area contributed by atoms with Gasteiger partial charge in [0.15, 0.2) is 0 Å². The molecule has 0 aliphatic heterocycles. The number of ether oxygens (including phenoxy) is 1. The average molecular weight is 339 g/mol. The van der Waals surface area contributed by atoms with Crippen molar-refractivity contribution in [3.8, 4) is 17.2 Å². The van der Waals surface area contributed by atoms with Crippen LogP contribution in [0.15, 0.2) is 41.1 Å². The number of pyridine rings is 2. The molecule has 0 bridgehead atoms. The molecule has 0 aliphatic carbocycles. The standard InChI is InChI=1S/C14H9ClF2N4O2/c15-11-5-10(3-4-18-11)22-7-9-2-1-8(6-19-9)13-20-21-14(23-13)12(16)17/h1-6,12H,7H2. The maximum atomic E-state index is 12.4. The van der Waals surface area contributed by atoms with E-state index in [4.69, 9.17) is 20.8 Å². The largest absolute Gasteiger partial charge is 0.487 e. The Morgan fingerprint density at radius 3 is 2.70 bits per heavy atom. The Hall–Kier alpha value is -2.61. The Kier molecular flexibility index (Phi) is 4.42. The molecule has 0 unspecified atom stereocenters. The molecule has 0 N–H and O–H groups in total. The minimum atomic E-state index is -2.80. The van der Waals surface area contributed by atoms with Crippen molar-refractivity contribution < 1.29 is 17.9 Å². The second kappa shape index (κ2) is 6.66. The first-order chi connectivity index (χ1) is 11.1. The van der Waals surface area contributed by atoms with Crippen molar-refractivity contribution in [3.05, 3.63) is 53.4 Å². The van der Waals surface area contributed by atoms with Crippen LogP contribution in [0.5, 0.6) is 5.75 Å². The molecular weight excluding hydrogens is 330 g/mol. The molecule has 0 amide bonds. The molecule has 3 aromatic heterocycles. The van der Waals surface area contributed by atoms with Crippen LogP contribution in [0, 0.1) is 0 Å². The summed E-state index contributed by atoms with van der Waals surface area (Å²) in [5.41, 5.74) is 1.08. The number of hydrogen-bond donors (Lipinski definition) is 0. The van der Waals surface area contributed by atoms with E-state index in [1.807, 2.05) is 0 Å². The molecule has 0 spiro atoms. The molecule has 0 saturated heterocycles. The van der Waals surface area contributed by atoms with Gasteiger partial charge in [-0.3, -0.25) is 4.98 Å². The van der Waals surface area contributed by atoms with Gasteiger partial charge in [-0.05, 0) is 18.2 Å². The van der Waals surface area contributed by atoms with Crippen LogP contribution in [0.4, 0.5) is 8.78 Å². The summed E-state index contributed by atoms with van der Waals surface area (Å²) in [5, 5.41) is 7.14. The van der Waals surface area contributed by atoms with Crippen LogP contribution >= 0.6 is 11.6 Å². The summed E-state index contributed by atoms with van der Waals surface area (Å²) in [6, 6.07) is 6.56. The zero-order valence-corrected chi connectivity index (χ0v) is 12.2. The fraction of sp³-hybridized carbons (Fsp3) is 0.143. The number of hydrogen-bond acceptors (Lipinski definition) is 6. The van der Waals surface area contributed by atoms with E-state index < -0.39 is 12.3 Å². The van der Waals surface area contributed by atoms with E-state index >= 15 is 0 Å². The first-order valence-electron chi connectivity index (χ1n) is 6.43. The highest BCUT2D eigenvalue weighted by Crippen LogP contribution is 2.23. The van der Waals surface area contributed by atoms with Crippen LogP contribution in [0.25, 0.3) is 11.5 Å². The molecule has 3 heterocycles. The van der Waals surface area contributed by atoms with Crippen molar-refractivity contribution in [1.29, 1.82) is 0 Å². The lowest BCUT2D eigenvalue weighted by atomic mass is 10.2. The summed E-state index contributed by atoms with van der Waals surface area (Å²) in [6.07, 6.45) is 0.176. The van der Waals surface area contributed by atoms with Crippen molar-refractivity contribution in [3.63, 3.8) is 0 Å². The molecule has 0 radical (unpaired) electrons. The summed E-state index contributed by atoms with van der Waals surface area (Å²) < 4.78 is 35.2. The van der Waals surface area contributed by atoms with Gasteiger partial charge in [0.05, 0.1) is 11.3 Å². The van der Waals surface area contributed by atoms with E-state index in [-0.39, 0.29) is 12.5 Å². The Morgan fingerprint density at radius 2 is 2.04 bits per heavy atom. The first-order valence-corrected chi connectivity index (χ1v) is 6.81. The third-order valence-corrected chi connectivity index (χ3v) is 2.99. The number of halogens is 3. The van der Waals surface area contributed by atoms with Crippen molar-refractivity contribution in [2.24, 2.45) is 0 Å². The van der Waals surface area contributed by atoms with Gasteiger partial charge in [-0.1, -0.05) is 11.6 Å². The van der Waals surface area contributed by atoms with Crippen LogP contribution in [0.2, 0.25) is 5.15 Å². The van der Waals surface area contributed by atoms with E-state index in [1.165, 1.54) is 12.4 Å². The van der Waals surface area contributed by atoms with Gasteiger partial charge in [0, 0.05) is 18.5 Å². The molecule has 0 aromatic carbocycles. The zero-order chi connectivity index (χ0) is 16.2. The van der Waals surface area contributed by atoms with Crippen LogP contribution in [0.3, 0.4) is 0 Å². The number of rotatable bonds is 5. The highest BCUT2D eigenvalue weighted by Gasteiger charge is 2.17. The lowest BCUT2D eigenvalue weighted by molar-refractivity contribution is 0.116. The highest BCUT2D eigenvalue weighted by molar-refractivity contribution is 6.29. The van der Waals surface area contributed by atoms with Gasteiger partial charge in [-0.25, -0.2) is 4.98 Å². The molecule has 3 rings (SSSR count). The third-order valence-electron chi connectivity index (χ3n) is 2.78. The zero-order valence-electron chi connectivity index (χ0n) is 11.5. The normalized spacial score (nSPS) is 11.0. The van der Waals surface area contributed by atoms with E-state index in [0.717, 1.165) is 0 Å². The number of nitrogens with zero attached hydrogens (tertiary/aromatic N) is 4. The molecule has 9 heteroatoms. The van der Waals surface area contributed by atoms with Gasteiger partial charge in [-0.15, -0.1) is 10.2 Å². The summed E-state index contributed by atoms with van der Waals surface area (Å²) in [7, 11) is 0. The minimum Gasteiger partial charge on any atom is -0.487 e. The monoisotopic (exact) mass is 338 g/mol. The van der Waals surface area contributed by atoms with Gasteiger partial charge in [0.2, 0.25) is 5.89 Å². The number of alkyl halides is 2. The minimum absolute atomic E-state index is 0.0128. The lowest BCUT2D eigenvalue weighted by Gasteiger charge is -2.05. The third kappa shape index (κ3) is 3.78. The second-order valence-electron chi connectivity index (χ2n) is 4.39. The first kappa shape index (κ1) is 15.3. The molecular formula is C14H9ClF2N4O2. The van der Waals surface area contributed by atoms with E-state index in [2.05, 4.69) is 20.2 Å². The van der Waals surface area contributed by atoms with E-state index in [9.17, 15) is 8.78 Å². The van der Waals surface area contributed by atoms with Crippen molar-refractivity contribution in [2.75, 3.05) is 0 Å². The van der Waals surface area contributed by atoms with E-state index in [1.54, 1.807) is 24.3 Å². The maximum Gasteiger partial charge on any atom is 0.314 e. The van der Waals surface area contributed by atoms with Crippen molar-refractivity contribution in [1.82, 2.24) is 20.2 Å². The molecule has 3 aromatic rings. The molecule has 23 heavy (non-hydrogen) atoms. The number of aromatic nitrogens is 4. The van der Waals surface area contributed by atoms with Gasteiger partial charge < -0.3 is 9.15 Å². The summed E-state index contributed by atoms with van der Waals surface area (Å²) in [6.45, 7) is 0.215. The molecule has 6 nitrogen and oxygen atoms in total. The van der Waals surface area contributed by atoms with Crippen molar-refractivity contribution >= 4 is 11.6 Å². The van der Waals surface area contributed by atoms with Gasteiger partial charge in [-0.2, -0.15) is 8.78 Å². The fourth-order valence-corrected chi connectivity index (χ4v) is 1.87. The second-order valence-corrected chi connectivity index (χ2v) is 4.77. The topological polar surface area (TPSA) is 73.9 Å². The van der Waals surface area contributed by atoms with Gasteiger partial charge in [0.1, 0.15) is 17.5 Å². The van der Waals surface area contributed by atoms with Crippen molar-refractivity contribution in [2.45, 2.75) is 13.0 Å². The van der Waals surface area contributed by atoms with Gasteiger partial charge >= 0.3 is 6.43 Å². The highest BCUT2D eigenvalue weighted by atomic mass is 35.5. The molecule has 0 fully saturated rings. The summed E-state index contributed by atoms with van der Waals surface area (Å²) in [5.74, 6) is -0.169. The van der Waals surface area contributed by atoms with E-state index in [0.29, 0.717) is 22.2 Å². The predicted molar refractivity (Wildman–Crippen MR) is 76.1 cm³/mol. The summed E-state index contributed by atoms with van der Waals surface area (Å²) in [4.78, 5) is 8.01. The SMILES string of the molecule is FC(F)c1nnc(-c2ccc(COc3ccnc(Cl)c3)nc2)o1. The Morgan fingerprint density at radius 1 is 1.17 bits per heavy atom. The maximum absolute atomic E-state index is 12.4. The molecule has 0 aliphatic rings. The average Bonchev–Trinajstić information content (AvgIpc) is 3.04. The Labute approximate surface area is 134 Å². The Bertz CT molecular complexity index is 795. The fourth-order valence-electron chi connectivity index (χ4n) is 1.71. The van der Waals surface area contributed by atoms with Crippen LogP contribution < -0.4 is 4.74 Å².